The van der Waals surface area contributed by atoms with Crippen molar-refractivity contribution in [3.05, 3.63) is 0 Å². The predicted molar refractivity (Wildman–Crippen MR) is 61.0 cm³/mol. The van der Waals surface area contributed by atoms with E-state index < -0.39 is 11.5 Å². The lowest BCUT2D eigenvalue weighted by atomic mass is 9.71. The van der Waals surface area contributed by atoms with Crippen LogP contribution in [-0.4, -0.2) is 35.0 Å². The average molecular weight is 227 g/mol. The van der Waals surface area contributed by atoms with Crippen molar-refractivity contribution in [1.29, 1.82) is 0 Å². The molecule has 0 spiro atoms. The van der Waals surface area contributed by atoms with Gasteiger partial charge in [-0.2, -0.15) is 0 Å². The lowest BCUT2D eigenvalue weighted by Gasteiger charge is -2.43. The SMILES string of the molecule is CC(C)C1CCCC(C(=O)O)(N(C)C=O)C1. The van der Waals surface area contributed by atoms with E-state index in [1.807, 2.05) is 0 Å². The number of carboxylic acid groups (broad SMARTS) is 1. The van der Waals surface area contributed by atoms with Crippen molar-refractivity contribution in [2.75, 3.05) is 7.05 Å². The van der Waals surface area contributed by atoms with Crippen molar-refractivity contribution >= 4 is 12.4 Å². The molecule has 0 aromatic heterocycles. The van der Waals surface area contributed by atoms with Gasteiger partial charge in [-0.1, -0.05) is 20.3 Å². The van der Waals surface area contributed by atoms with E-state index in [0.717, 1.165) is 12.8 Å². The number of carboxylic acids is 1. The number of aliphatic carboxylic acids is 1. The van der Waals surface area contributed by atoms with Gasteiger partial charge in [0.25, 0.3) is 0 Å². The van der Waals surface area contributed by atoms with E-state index in [-0.39, 0.29) is 0 Å². The van der Waals surface area contributed by atoms with Gasteiger partial charge in [0.05, 0.1) is 0 Å². The number of nitrogens with zero attached hydrogens (tertiary/aromatic N) is 1. The number of carbonyl (C=O) groups is 2. The van der Waals surface area contributed by atoms with Crippen molar-refractivity contribution in [2.24, 2.45) is 11.8 Å². The van der Waals surface area contributed by atoms with E-state index in [1.165, 1.54) is 4.90 Å². The first kappa shape index (κ1) is 13.0. The van der Waals surface area contributed by atoms with Gasteiger partial charge in [0, 0.05) is 7.05 Å². The van der Waals surface area contributed by atoms with Crippen molar-refractivity contribution < 1.29 is 14.7 Å². The summed E-state index contributed by atoms with van der Waals surface area (Å²) in [5.74, 6) is -0.00113. The summed E-state index contributed by atoms with van der Waals surface area (Å²) in [6.07, 6.45) is 3.74. The van der Waals surface area contributed by atoms with Crippen LogP contribution >= 0.6 is 0 Å². The zero-order valence-electron chi connectivity index (χ0n) is 10.3. The molecule has 0 radical (unpaired) electrons. The number of amides is 1. The van der Waals surface area contributed by atoms with Crippen LogP contribution in [0.1, 0.15) is 39.5 Å². The lowest BCUT2D eigenvalue weighted by Crippen LogP contribution is -2.55. The standard InChI is InChI=1S/C12H21NO3/c1-9(2)10-5-4-6-12(7-10,11(15)16)13(3)8-14/h8-10H,4-7H2,1-3H3,(H,15,16). The smallest absolute Gasteiger partial charge is 0.329 e. The molecular formula is C12H21NO3. The number of likely N-dealkylation sites (N-methyl/N-ethyl adjacent to an activating group) is 1. The molecule has 1 aliphatic carbocycles. The Labute approximate surface area is 96.6 Å². The van der Waals surface area contributed by atoms with Gasteiger partial charge in [0.2, 0.25) is 6.41 Å². The second-order valence-electron chi connectivity index (χ2n) is 5.15. The summed E-state index contributed by atoms with van der Waals surface area (Å²) in [5.41, 5.74) is -0.977. The van der Waals surface area contributed by atoms with Gasteiger partial charge in [-0.25, -0.2) is 4.79 Å². The molecule has 2 atom stereocenters. The number of rotatable bonds is 4. The van der Waals surface area contributed by atoms with Crippen LogP contribution in [0.5, 0.6) is 0 Å². The van der Waals surface area contributed by atoms with E-state index in [0.29, 0.717) is 31.1 Å². The van der Waals surface area contributed by atoms with Crippen LogP contribution in [0.2, 0.25) is 0 Å². The topological polar surface area (TPSA) is 57.6 Å². The predicted octanol–water partition coefficient (Wildman–Crippen LogP) is 1.74. The van der Waals surface area contributed by atoms with Gasteiger partial charge in [0.1, 0.15) is 5.54 Å². The highest BCUT2D eigenvalue weighted by Gasteiger charge is 2.46. The Kier molecular flexibility index (Phi) is 3.94. The molecule has 1 rings (SSSR count). The van der Waals surface area contributed by atoms with Crippen LogP contribution < -0.4 is 0 Å². The molecule has 1 amide bonds. The molecule has 2 unspecified atom stereocenters. The number of hydrogen-bond acceptors (Lipinski definition) is 2. The molecule has 0 aliphatic heterocycles. The summed E-state index contributed by atoms with van der Waals surface area (Å²) < 4.78 is 0. The molecule has 16 heavy (non-hydrogen) atoms. The van der Waals surface area contributed by atoms with Crippen molar-refractivity contribution in [3.8, 4) is 0 Å². The minimum atomic E-state index is -0.977. The van der Waals surface area contributed by atoms with Crippen LogP contribution in [0, 0.1) is 11.8 Å². The van der Waals surface area contributed by atoms with E-state index in [4.69, 9.17) is 0 Å². The van der Waals surface area contributed by atoms with Gasteiger partial charge >= 0.3 is 5.97 Å². The highest BCUT2D eigenvalue weighted by Crippen LogP contribution is 2.39. The molecule has 92 valence electrons. The van der Waals surface area contributed by atoms with Gasteiger partial charge in [-0.05, 0) is 31.1 Å². The zero-order valence-corrected chi connectivity index (χ0v) is 10.3. The largest absolute Gasteiger partial charge is 0.479 e. The Balaban J connectivity index is 2.93. The molecule has 1 N–H and O–H groups in total. The number of hydrogen-bond donors (Lipinski definition) is 1. The molecule has 1 aliphatic rings. The molecule has 0 saturated heterocycles. The summed E-state index contributed by atoms with van der Waals surface area (Å²) >= 11 is 0. The molecular weight excluding hydrogens is 206 g/mol. The van der Waals surface area contributed by atoms with Crippen LogP contribution in [-0.2, 0) is 9.59 Å². The maximum Gasteiger partial charge on any atom is 0.329 e. The summed E-state index contributed by atoms with van der Waals surface area (Å²) in [6.45, 7) is 4.23. The fourth-order valence-electron chi connectivity index (χ4n) is 2.63. The summed E-state index contributed by atoms with van der Waals surface area (Å²) in [4.78, 5) is 23.6. The van der Waals surface area contributed by atoms with Crippen LogP contribution in [0.25, 0.3) is 0 Å². The molecule has 4 nitrogen and oxygen atoms in total. The van der Waals surface area contributed by atoms with Crippen LogP contribution in [0.4, 0.5) is 0 Å². The molecule has 4 heteroatoms. The third-order valence-electron chi connectivity index (χ3n) is 3.94. The Morgan fingerprint density at radius 3 is 2.62 bits per heavy atom. The molecule has 1 saturated carbocycles. The van der Waals surface area contributed by atoms with E-state index in [2.05, 4.69) is 13.8 Å². The van der Waals surface area contributed by atoms with Crippen molar-refractivity contribution in [3.63, 3.8) is 0 Å². The Bertz CT molecular complexity index is 277. The lowest BCUT2D eigenvalue weighted by molar-refractivity contribution is -0.158. The molecule has 0 heterocycles. The fraction of sp³-hybridized carbons (Fsp3) is 0.833. The average Bonchev–Trinajstić information content (AvgIpc) is 2.27. The highest BCUT2D eigenvalue weighted by molar-refractivity contribution is 5.81. The molecule has 0 bridgehead atoms. The van der Waals surface area contributed by atoms with Crippen LogP contribution in [0.15, 0.2) is 0 Å². The van der Waals surface area contributed by atoms with Crippen molar-refractivity contribution in [2.45, 2.75) is 45.1 Å². The molecule has 0 aromatic carbocycles. The van der Waals surface area contributed by atoms with E-state index in [9.17, 15) is 14.7 Å². The van der Waals surface area contributed by atoms with E-state index >= 15 is 0 Å². The van der Waals surface area contributed by atoms with E-state index in [1.54, 1.807) is 7.05 Å². The Morgan fingerprint density at radius 1 is 1.56 bits per heavy atom. The minimum Gasteiger partial charge on any atom is -0.479 e. The Hall–Kier alpha value is -1.06. The second kappa shape index (κ2) is 4.85. The van der Waals surface area contributed by atoms with Gasteiger partial charge in [-0.15, -0.1) is 0 Å². The van der Waals surface area contributed by atoms with Gasteiger partial charge < -0.3 is 10.0 Å². The molecule has 1 fully saturated rings. The third kappa shape index (κ3) is 2.20. The monoisotopic (exact) mass is 227 g/mol. The third-order valence-corrected chi connectivity index (χ3v) is 3.94. The maximum absolute atomic E-state index is 11.4. The number of carbonyl (C=O) groups excluding carboxylic acids is 1. The normalized spacial score (nSPS) is 30.1. The summed E-state index contributed by atoms with van der Waals surface area (Å²) in [6, 6.07) is 0. The maximum atomic E-state index is 11.4. The highest BCUT2D eigenvalue weighted by atomic mass is 16.4. The first-order chi connectivity index (χ1) is 7.44. The summed E-state index contributed by atoms with van der Waals surface area (Å²) in [7, 11) is 1.57. The molecule has 0 aromatic rings. The second-order valence-corrected chi connectivity index (χ2v) is 5.15. The van der Waals surface area contributed by atoms with Gasteiger partial charge in [0.15, 0.2) is 0 Å². The fourth-order valence-corrected chi connectivity index (χ4v) is 2.63. The first-order valence-corrected chi connectivity index (χ1v) is 5.85. The summed E-state index contributed by atoms with van der Waals surface area (Å²) in [5, 5.41) is 9.39. The minimum absolute atomic E-state index is 0.396. The zero-order chi connectivity index (χ0) is 12.3. The van der Waals surface area contributed by atoms with Crippen LogP contribution in [0.3, 0.4) is 0 Å². The quantitative estimate of drug-likeness (QED) is 0.744. The van der Waals surface area contributed by atoms with Crippen molar-refractivity contribution in [1.82, 2.24) is 4.90 Å². The Morgan fingerprint density at radius 2 is 2.19 bits per heavy atom. The van der Waals surface area contributed by atoms with Gasteiger partial charge in [-0.3, -0.25) is 4.79 Å². The first-order valence-electron chi connectivity index (χ1n) is 5.85.